The minimum Gasteiger partial charge on any atom is -0.496 e. The number of hydrogen-bond acceptors (Lipinski definition) is 3. The molecule has 2 aromatic rings. The summed E-state index contributed by atoms with van der Waals surface area (Å²) in [5, 5.41) is 3.60. The predicted molar refractivity (Wildman–Crippen MR) is 143 cm³/mol. The summed E-state index contributed by atoms with van der Waals surface area (Å²) >= 11 is 13.4. The minimum atomic E-state index is -1.01. The molecule has 0 amide bonds. The van der Waals surface area contributed by atoms with Gasteiger partial charge in [0.2, 0.25) is 0 Å². The summed E-state index contributed by atoms with van der Waals surface area (Å²) in [6, 6.07) is 8.15. The van der Waals surface area contributed by atoms with E-state index in [0.29, 0.717) is 10.0 Å². The highest BCUT2D eigenvalue weighted by molar-refractivity contribution is 7.71. The lowest BCUT2D eigenvalue weighted by molar-refractivity contribution is 0.399. The van der Waals surface area contributed by atoms with Gasteiger partial charge >= 0.3 is 0 Å². The first-order valence-corrected chi connectivity index (χ1v) is 13.2. The van der Waals surface area contributed by atoms with E-state index in [1.165, 1.54) is 0 Å². The molecule has 0 aromatic heterocycles. The molecule has 2 rings (SSSR count). The fourth-order valence-electron chi connectivity index (χ4n) is 3.96. The van der Waals surface area contributed by atoms with Crippen LogP contribution in [0.5, 0.6) is 11.5 Å². The van der Waals surface area contributed by atoms with Crippen molar-refractivity contribution in [3.05, 3.63) is 45.4 Å². The van der Waals surface area contributed by atoms with Crippen LogP contribution < -0.4 is 20.1 Å². The van der Waals surface area contributed by atoms with Gasteiger partial charge in [0, 0.05) is 39.9 Å². The summed E-state index contributed by atoms with van der Waals surface area (Å²) in [5.41, 5.74) is 1.95. The SMILES string of the molecule is CCN(CC)P(c1cc(Cl)cc(C(C)(C)C)c1OC)c1cc(Cl)cc(C(C)(C)C)c1OC. The van der Waals surface area contributed by atoms with Crippen molar-refractivity contribution < 1.29 is 9.47 Å². The molecular weight excluding hydrogens is 460 g/mol. The molecule has 0 unspecified atom stereocenters. The monoisotopic (exact) mass is 497 g/mol. The van der Waals surface area contributed by atoms with Crippen LogP contribution in [0.2, 0.25) is 10.0 Å². The van der Waals surface area contributed by atoms with Gasteiger partial charge in [0.05, 0.1) is 14.2 Å². The van der Waals surface area contributed by atoms with Gasteiger partial charge in [-0.25, -0.2) is 0 Å². The minimum absolute atomic E-state index is 0.121. The van der Waals surface area contributed by atoms with Crippen molar-refractivity contribution in [1.29, 1.82) is 0 Å². The smallest absolute Gasteiger partial charge is 0.131 e. The average Bonchev–Trinajstić information content (AvgIpc) is 2.69. The van der Waals surface area contributed by atoms with Crippen LogP contribution in [0.1, 0.15) is 66.5 Å². The van der Waals surface area contributed by atoms with Crippen LogP contribution in [0.3, 0.4) is 0 Å². The molecule has 6 heteroatoms. The van der Waals surface area contributed by atoms with Crippen LogP contribution in [-0.2, 0) is 10.8 Å². The van der Waals surface area contributed by atoms with Crippen LogP contribution in [0, 0.1) is 0 Å². The maximum Gasteiger partial charge on any atom is 0.131 e. The molecule has 0 aliphatic carbocycles. The van der Waals surface area contributed by atoms with Crippen molar-refractivity contribution in [1.82, 2.24) is 4.67 Å². The number of ether oxygens (including phenoxy) is 2. The highest BCUT2D eigenvalue weighted by Gasteiger charge is 2.33. The molecule has 0 N–H and O–H groups in total. The molecule has 0 fully saturated rings. The maximum atomic E-state index is 6.70. The second-order valence-electron chi connectivity index (χ2n) is 9.96. The molecule has 0 aliphatic rings. The Kier molecular flexibility index (Phi) is 8.96. The molecule has 0 bridgehead atoms. The first-order valence-electron chi connectivity index (χ1n) is 11.1. The number of halogens is 2. The standard InChI is InChI=1S/C26H38Cl2NO2P/c1-11-29(12-2)32(21-15-17(27)13-19(23(21)30-9)25(3,4)5)22-16-18(28)14-20(24(22)31-10)26(6,7)8/h13-16H,11-12H2,1-10H3. The summed E-state index contributed by atoms with van der Waals surface area (Å²) < 4.78 is 14.6. The van der Waals surface area contributed by atoms with E-state index < -0.39 is 8.07 Å². The second kappa shape index (κ2) is 10.5. The van der Waals surface area contributed by atoms with Gasteiger partial charge in [-0.2, -0.15) is 0 Å². The van der Waals surface area contributed by atoms with Gasteiger partial charge in [-0.3, -0.25) is 4.67 Å². The van der Waals surface area contributed by atoms with Crippen LogP contribution in [0.4, 0.5) is 0 Å². The number of benzene rings is 2. The van der Waals surface area contributed by atoms with Gasteiger partial charge in [-0.15, -0.1) is 0 Å². The van der Waals surface area contributed by atoms with Crippen LogP contribution in [0.15, 0.2) is 24.3 Å². The molecule has 3 nitrogen and oxygen atoms in total. The van der Waals surface area contributed by atoms with Gasteiger partial charge in [0.15, 0.2) is 0 Å². The molecular formula is C26H38Cl2NO2P. The highest BCUT2D eigenvalue weighted by Crippen LogP contribution is 2.49. The summed E-state index contributed by atoms with van der Waals surface area (Å²) in [5.74, 6) is 1.78. The summed E-state index contributed by atoms with van der Waals surface area (Å²) in [6.45, 7) is 19.2. The van der Waals surface area contributed by atoms with E-state index in [9.17, 15) is 0 Å². The number of rotatable bonds is 7. The molecule has 0 saturated heterocycles. The molecule has 0 spiro atoms. The van der Waals surface area contributed by atoms with Crippen LogP contribution in [0.25, 0.3) is 0 Å². The average molecular weight is 498 g/mol. The van der Waals surface area contributed by atoms with E-state index in [-0.39, 0.29) is 10.8 Å². The molecule has 0 aliphatic heterocycles. The fourth-order valence-corrected chi connectivity index (χ4v) is 7.31. The van der Waals surface area contributed by atoms with Crippen molar-refractivity contribution in [3.63, 3.8) is 0 Å². The lowest BCUT2D eigenvalue weighted by Crippen LogP contribution is -2.32. The summed E-state index contributed by atoms with van der Waals surface area (Å²) in [6.07, 6.45) is 0. The van der Waals surface area contributed by atoms with E-state index in [1.54, 1.807) is 14.2 Å². The van der Waals surface area contributed by atoms with Gasteiger partial charge in [0.1, 0.15) is 11.5 Å². The van der Waals surface area contributed by atoms with Gasteiger partial charge in [0.25, 0.3) is 0 Å². The number of hydrogen-bond donors (Lipinski definition) is 0. The lowest BCUT2D eigenvalue weighted by Gasteiger charge is -2.35. The third-order valence-corrected chi connectivity index (χ3v) is 8.71. The Morgan fingerprint density at radius 2 is 1.06 bits per heavy atom. The summed E-state index contributed by atoms with van der Waals surface area (Å²) in [4.78, 5) is 0. The first kappa shape index (κ1) is 27.3. The normalized spacial score (nSPS) is 12.6. The Balaban J connectivity index is 3.00. The van der Waals surface area contributed by atoms with Gasteiger partial charge < -0.3 is 9.47 Å². The Bertz CT molecular complexity index is 873. The maximum absolute atomic E-state index is 6.70. The quantitative estimate of drug-likeness (QED) is 0.374. The van der Waals surface area contributed by atoms with Crippen molar-refractivity contribution in [2.75, 3.05) is 27.3 Å². The Hall–Kier alpha value is -0.990. The topological polar surface area (TPSA) is 21.7 Å². The van der Waals surface area contributed by atoms with Crippen LogP contribution >= 0.6 is 31.3 Å². The highest BCUT2D eigenvalue weighted by atomic mass is 35.5. The van der Waals surface area contributed by atoms with Crippen molar-refractivity contribution in [2.24, 2.45) is 0 Å². The van der Waals surface area contributed by atoms with E-state index in [1.807, 2.05) is 12.1 Å². The zero-order valence-electron chi connectivity index (χ0n) is 21.2. The molecule has 0 saturated carbocycles. The van der Waals surface area contributed by atoms with Crippen molar-refractivity contribution in [3.8, 4) is 11.5 Å². The Morgan fingerprint density at radius 1 is 0.719 bits per heavy atom. The first-order chi connectivity index (χ1) is 14.8. The molecule has 2 aromatic carbocycles. The predicted octanol–water partition coefficient (Wildman–Crippen LogP) is 7.30. The summed E-state index contributed by atoms with van der Waals surface area (Å²) in [7, 11) is 2.47. The van der Waals surface area contributed by atoms with Gasteiger partial charge in [-0.1, -0.05) is 78.6 Å². The van der Waals surface area contributed by atoms with Crippen molar-refractivity contribution in [2.45, 2.75) is 66.2 Å². The molecule has 178 valence electrons. The molecule has 0 radical (unpaired) electrons. The third kappa shape index (κ3) is 5.73. The second-order valence-corrected chi connectivity index (χ2v) is 13.0. The van der Waals surface area contributed by atoms with E-state index in [0.717, 1.165) is 46.3 Å². The zero-order chi connectivity index (χ0) is 24.4. The van der Waals surface area contributed by atoms with Crippen molar-refractivity contribution >= 4 is 41.9 Å². The third-order valence-electron chi connectivity index (χ3n) is 5.56. The Labute approximate surface area is 206 Å². The van der Waals surface area contributed by atoms with Crippen LogP contribution in [-0.4, -0.2) is 32.0 Å². The lowest BCUT2D eigenvalue weighted by atomic mass is 9.86. The van der Waals surface area contributed by atoms with Gasteiger partial charge in [-0.05, 0) is 48.2 Å². The Morgan fingerprint density at radius 3 is 1.31 bits per heavy atom. The van der Waals surface area contributed by atoms with E-state index >= 15 is 0 Å². The molecule has 0 atom stereocenters. The fraction of sp³-hybridized carbons (Fsp3) is 0.538. The molecule has 0 heterocycles. The van der Waals surface area contributed by atoms with E-state index in [4.69, 9.17) is 32.7 Å². The molecule has 32 heavy (non-hydrogen) atoms. The van der Waals surface area contributed by atoms with E-state index in [2.05, 4.69) is 72.2 Å². The number of nitrogens with zero attached hydrogens (tertiary/aromatic N) is 1. The zero-order valence-corrected chi connectivity index (χ0v) is 23.6. The largest absolute Gasteiger partial charge is 0.496 e. The number of methoxy groups -OCH3 is 2.